The molecule has 1 amide bonds. The summed E-state index contributed by atoms with van der Waals surface area (Å²) in [6.45, 7) is 3.92. The molecule has 0 saturated carbocycles. The molecule has 0 aromatic heterocycles. The number of nitrogens with one attached hydrogen (secondary N) is 1. The number of benzene rings is 2. The molecule has 1 aliphatic carbocycles. The molecule has 1 aliphatic heterocycles. The van der Waals surface area contributed by atoms with Gasteiger partial charge in [-0.1, -0.05) is 36.4 Å². The smallest absolute Gasteiger partial charge is 0.303 e. The first kappa shape index (κ1) is 21.3. The molecule has 4 rings (SSSR count). The van der Waals surface area contributed by atoms with Crippen LogP contribution in [0.15, 0.2) is 52.7 Å². The summed E-state index contributed by atoms with van der Waals surface area (Å²) in [7, 11) is 0. The summed E-state index contributed by atoms with van der Waals surface area (Å²) < 4.78 is 0. The molecule has 0 radical (unpaired) electrons. The molecule has 8 nitrogen and oxygen atoms in total. The van der Waals surface area contributed by atoms with Gasteiger partial charge in [0.2, 0.25) is 0 Å². The molecular formula is C24H24N4O4. The highest BCUT2D eigenvalue weighted by molar-refractivity contribution is 6.68. The van der Waals surface area contributed by atoms with Gasteiger partial charge >= 0.3 is 5.97 Å². The summed E-state index contributed by atoms with van der Waals surface area (Å²) in [5, 5.41) is 29.3. The van der Waals surface area contributed by atoms with E-state index in [1.807, 2.05) is 24.3 Å². The number of aliphatic carboxylic acids is 1. The Hall–Kier alpha value is -3.94. The summed E-state index contributed by atoms with van der Waals surface area (Å²) in [5.74, 6) is -1.25. The quantitative estimate of drug-likeness (QED) is 0.456. The van der Waals surface area contributed by atoms with Crippen molar-refractivity contribution in [1.82, 2.24) is 5.01 Å². The van der Waals surface area contributed by atoms with Gasteiger partial charge in [-0.3, -0.25) is 15.0 Å². The van der Waals surface area contributed by atoms with Crippen molar-refractivity contribution in [3.63, 3.8) is 0 Å². The van der Waals surface area contributed by atoms with E-state index in [0.717, 1.165) is 23.1 Å². The number of fused-ring (bicyclic) bond motifs is 1. The van der Waals surface area contributed by atoms with Crippen LogP contribution in [0, 0.1) is 0 Å². The maximum atomic E-state index is 12.6. The van der Waals surface area contributed by atoms with Crippen molar-refractivity contribution >= 4 is 40.1 Å². The molecular weight excluding hydrogens is 408 g/mol. The summed E-state index contributed by atoms with van der Waals surface area (Å²) in [6.07, 6.45) is 1.00. The lowest BCUT2D eigenvalue weighted by atomic mass is 9.99. The van der Waals surface area contributed by atoms with E-state index in [2.05, 4.69) is 34.7 Å². The summed E-state index contributed by atoms with van der Waals surface area (Å²) in [4.78, 5) is 23.2. The second-order valence-electron chi connectivity index (χ2n) is 7.82. The van der Waals surface area contributed by atoms with Gasteiger partial charge in [0.1, 0.15) is 5.75 Å². The number of hydrazone groups is 2. The van der Waals surface area contributed by atoms with E-state index >= 15 is 0 Å². The van der Waals surface area contributed by atoms with Crippen LogP contribution in [0.2, 0.25) is 0 Å². The van der Waals surface area contributed by atoms with Crippen molar-refractivity contribution in [3.8, 4) is 5.75 Å². The number of aromatic hydroxyl groups is 1. The molecule has 8 heteroatoms. The molecule has 2 aliphatic rings. The van der Waals surface area contributed by atoms with Crippen LogP contribution >= 0.6 is 0 Å². The number of hydrogen-bond acceptors (Lipinski definition) is 6. The van der Waals surface area contributed by atoms with Crippen LogP contribution in [-0.2, 0) is 16.0 Å². The lowest BCUT2D eigenvalue weighted by Gasteiger charge is -2.12. The van der Waals surface area contributed by atoms with Crippen molar-refractivity contribution in [2.24, 2.45) is 10.2 Å². The highest BCUT2D eigenvalue weighted by Gasteiger charge is 2.29. The normalized spacial score (nSPS) is 16.6. The molecule has 164 valence electrons. The van der Waals surface area contributed by atoms with Gasteiger partial charge in [0, 0.05) is 18.5 Å². The number of anilines is 1. The predicted octanol–water partition coefficient (Wildman–Crippen LogP) is 3.73. The number of allylic oxidation sites excluding steroid dienone is 2. The van der Waals surface area contributed by atoms with Crippen LogP contribution in [0.5, 0.6) is 5.75 Å². The fourth-order valence-corrected chi connectivity index (χ4v) is 4.03. The van der Waals surface area contributed by atoms with Crippen molar-refractivity contribution < 1.29 is 19.8 Å². The molecule has 0 atom stereocenters. The van der Waals surface area contributed by atoms with E-state index in [1.165, 1.54) is 16.1 Å². The zero-order chi connectivity index (χ0) is 22.8. The van der Waals surface area contributed by atoms with Crippen LogP contribution in [0.1, 0.15) is 43.4 Å². The molecule has 0 unspecified atom stereocenters. The standard InChI is InChI=1S/C24H24N4O4/c1-14-17-8-4-3-7-16(17)13-19(14)18-9-5-10-20(23(18)31)25-26-22-15(2)27-28(24(22)32)12-6-11-21(29)30/h3-5,7-10,25,31H,6,11-13H2,1-2H3,(H,29,30)/b26-22-. The van der Waals surface area contributed by atoms with Crippen molar-refractivity contribution in [3.05, 3.63) is 59.2 Å². The Bertz CT molecular complexity index is 1200. The molecule has 2 aromatic rings. The topological polar surface area (TPSA) is 115 Å². The predicted molar refractivity (Wildman–Crippen MR) is 123 cm³/mol. The highest BCUT2D eigenvalue weighted by Crippen LogP contribution is 2.42. The van der Waals surface area contributed by atoms with E-state index in [1.54, 1.807) is 13.0 Å². The van der Waals surface area contributed by atoms with E-state index in [4.69, 9.17) is 5.11 Å². The number of carboxylic acid groups (broad SMARTS) is 1. The largest absolute Gasteiger partial charge is 0.505 e. The number of hydrogen-bond donors (Lipinski definition) is 3. The van der Waals surface area contributed by atoms with Crippen molar-refractivity contribution in [2.45, 2.75) is 33.1 Å². The van der Waals surface area contributed by atoms with Crippen LogP contribution < -0.4 is 5.43 Å². The molecule has 3 N–H and O–H groups in total. The zero-order valence-electron chi connectivity index (χ0n) is 17.9. The van der Waals surface area contributed by atoms with Gasteiger partial charge in [-0.25, -0.2) is 5.01 Å². The SMILES string of the molecule is CC1=NN(CCCC(=O)O)C(=O)/C1=N\Nc1cccc(C2=C(C)c3ccccc3C2)c1O. The fourth-order valence-electron chi connectivity index (χ4n) is 4.03. The van der Waals surface area contributed by atoms with E-state index in [9.17, 15) is 14.7 Å². The minimum Gasteiger partial charge on any atom is -0.505 e. The average Bonchev–Trinajstić information content (AvgIpc) is 3.23. The van der Waals surface area contributed by atoms with E-state index in [-0.39, 0.29) is 24.4 Å². The van der Waals surface area contributed by atoms with E-state index in [0.29, 0.717) is 17.8 Å². The van der Waals surface area contributed by atoms with Crippen LogP contribution in [-0.4, -0.2) is 45.1 Å². The maximum Gasteiger partial charge on any atom is 0.303 e. The molecule has 0 spiro atoms. The molecule has 2 aromatic carbocycles. The van der Waals surface area contributed by atoms with Gasteiger partial charge in [0.05, 0.1) is 11.4 Å². The molecule has 0 bridgehead atoms. The number of carbonyl (C=O) groups is 2. The maximum absolute atomic E-state index is 12.6. The molecule has 1 heterocycles. The minimum absolute atomic E-state index is 0.0388. The number of amides is 1. The van der Waals surface area contributed by atoms with Crippen LogP contribution in [0.25, 0.3) is 11.1 Å². The highest BCUT2D eigenvalue weighted by atomic mass is 16.4. The Balaban J connectivity index is 1.53. The molecule has 0 fully saturated rings. The number of rotatable bonds is 7. The first-order chi connectivity index (χ1) is 15.4. The lowest BCUT2D eigenvalue weighted by Crippen LogP contribution is -2.29. The summed E-state index contributed by atoms with van der Waals surface area (Å²) in [6, 6.07) is 13.6. The van der Waals surface area contributed by atoms with Gasteiger partial charge in [-0.2, -0.15) is 10.2 Å². The third-order valence-electron chi connectivity index (χ3n) is 5.70. The monoisotopic (exact) mass is 432 g/mol. The number of phenolic OH excluding ortho intramolecular Hbond substituents is 1. The minimum atomic E-state index is -0.918. The second kappa shape index (κ2) is 8.66. The van der Waals surface area contributed by atoms with Crippen LogP contribution in [0.3, 0.4) is 0 Å². The number of nitrogens with zero attached hydrogens (tertiary/aromatic N) is 3. The number of carbonyl (C=O) groups excluding carboxylic acids is 1. The third kappa shape index (κ3) is 3.99. The Morgan fingerprint density at radius 1 is 1.16 bits per heavy atom. The Morgan fingerprint density at radius 2 is 1.91 bits per heavy atom. The lowest BCUT2D eigenvalue weighted by molar-refractivity contribution is -0.137. The summed E-state index contributed by atoms with van der Waals surface area (Å²) >= 11 is 0. The van der Waals surface area contributed by atoms with Crippen LogP contribution in [0.4, 0.5) is 5.69 Å². The second-order valence-corrected chi connectivity index (χ2v) is 7.82. The summed E-state index contributed by atoms with van der Waals surface area (Å²) in [5.41, 5.74) is 9.07. The Morgan fingerprint density at radius 3 is 2.66 bits per heavy atom. The first-order valence-electron chi connectivity index (χ1n) is 10.4. The zero-order valence-corrected chi connectivity index (χ0v) is 17.9. The van der Waals surface area contributed by atoms with Crippen molar-refractivity contribution in [1.29, 1.82) is 0 Å². The average molecular weight is 432 g/mol. The Labute approximate surface area is 185 Å². The van der Waals surface area contributed by atoms with E-state index < -0.39 is 11.9 Å². The van der Waals surface area contributed by atoms with Gasteiger partial charge in [0.15, 0.2) is 5.71 Å². The van der Waals surface area contributed by atoms with Gasteiger partial charge in [-0.05, 0) is 55.0 Å². The van der Waals surface area contributed by atoms with Gasteiger partial charge in [-0.15, -0.1) is 0 Å². The number of carboxylic acids is 1. The fraction of sp³-hybridized carbons (Fsp3) is 0.250. The van der Waals surface area contributed by atoms with Crippen molar-refractivity contribution in [2.75, 3.05) is 12.0 Å². The molecule has 0 saturated heterocycles. The first-order valence-corrected chi connectivity index (χ1v) is 10.4. The molecule has 32 heavy (non-hydrogen) atoms. The number of para-hydroxylation sites is 1. The third-order valence-corrected chi connectivity index (χ3v) is 5.70. The number of phenols is 1. The van der Waals surface area contributed by atoms with Gasteiger partial charge in [0.25, 0.3) is 5.91 Å². The van der Waals surface area contributed by atoms with Gasteiger partial charge < -0.3 is 10.2 Å². The Kier molecular flexibility index (Phi) is 5.77.